The highest BCUT2D eigenvalue weighted by atomic mass is 32.1. The molecule has 1 atom stereocenters. The van der Waals surface area contributed by atoms with E-state index < -0.39 is 17.3 Å². The van der Waals surface area contributed by atoms with Crippen molar-refractivity contribution >= 4 is 28.1 Å². The summed E-state index contributed by atoms with van der Waals surface area (Å²) >= 11 is 1.49. The number of halogens is 3. The number of likely N-dealkylation sites (tertiary alicyclic amines) is 1. The number of thiophene rings is 1. The van der Waals surface area contributed by atoms with Crippen molar-refractivity contribution in [2.75, 3.05) is 6.54 Å². The van der Waals surface area contributed by atoms with Crippen molar-refractivity contribution in [3.63, 3.8) is 0 Å². The number of fused-ring (bicyclic) bond motifs is 1. The molecule has 0 unspecified atom stereocenters. The van der Waals surface area contributed by atoms with E-state index in [1.165, 1.54) is 11.3 Å². The van der Waals surface area contributed by atoms with Crippen LogP contribution in [0.1, 0.15) is 29.0 Å². The van der Waals surface area contributed by atoms with Gasteiger partial charge in [-0.15, -0.1) is 11.3 Å². The van der Waals surface area contributed by atoms with Crippen molar-refractivity contribution in [2.45, 2.75) is 44.9 Å². The molecule has 2 aromatic heterocycles. The number of rotatable bonds is 4. The number of hydrogen-bond donors (Lipinski definition) is 0. The highest BCUT2D eigenvalue weighted by Crippen LogP contribution is 2.32. The Labute approximate surface area is 175 Å². The molecule has 0 spiro atoms. The van der Waals surface area contributed by atoms with Gasteiger partial charge in [-0.1, -0.05) is 17.7 Å². The van der Waals surface area contributed by atoms with Gasteiger partial charge in [-0.3, -0.25) is 9.59 Å². The largest absolute Gasteiger partial charge is 0.431 e. The van der Waals surface area contributed by atoms with Gasteiger partial charge in [0.2, 0.25) is 5.91 Å². The standard InChI is InChI=1S/C22H21F3N2O2S/c1-14-6-7-18-17(10-14)19(28)12-20(22(23,24)25)27(18)13-15-4-2-8-26(15)21(29)11-16-5-3-9-30-16/h3,5-7,9-10,12,15H,2,4,8,11,13H2,1H3/t15-/m1/s1. The van der Waals surface area contributed by atoms with E-state index in [1.807, 2.05) is 17.5 Å². The Balaban J connectivity index is 1.72. The summed E-state index contributed by atoms with van der Waals surface area (Å²) < 4.78 is 42.5. The predicted molar refractivity (Wildman–Crippen MR) is 111 cm³/mol. The summed E-state index contributed by atoms with van der Waals surface area (Å²) in [6.45, 7) is 2.33. The number of aromatic nitrogens is 1. The fourth-order valence-corrected chi connectivity index (χ4v) is 4.85. The van der Waals surface area contributed by atoms with Crippen LogP contribution >= 0.6 is 11.3 Å². The molecule has 1 amide bonds. The minimum Gasteiger partial charge on any atom is -0.338 e. The van der Waals surface area contributed by atoms with Gasteiger partial charge in [0.25, 0.3) is 0 Å². The highest BCUT2D eigenvalue weighted by Gasteiger charge is 2.37. The third-order valence-electron chi connectivity index (χ3n) is 5.55. The van der Waals surface area contributed by atoms with Gasteiger partial charge < -0.3 is 9.47 Å². The van der Waals surface area contributed by atoms with E-state index in [0.29, 0.717) is 19.0 Å². The summed E-state index contributed by atoms with van der Waals surface area (Å²) in [6.07, 6.45) is -3.03. The third-order valence-corrected chi connectivity index (χ3v) is 6.43. The first-order valence-electron chi connectivity index (χ1n) is 9.77. The minimum atomic E-state index is -4.66. The van der Waals surface area contributed by atoms with E-state index in [4.69, 9.17) is 0 Å². The molecule has 0 bridgehead atoms. The number of alkyl halides is 3. The monoisotopic (exact) mass is 434 g/mol. The summed E-state index contributed by atoms with van der Waals surface area (Å²) in [5.74, 6) is -0.0743. The Hall–Kier alpha value is -2.61. The number of hydrogen-bond acceptors (Lipinski definition) is 3. The Kier molecular flexibility index (Phi) is 5.44. The van der Waals surface area contributed by atoms with Crippen LogP contribution in [0.25, 0.3) is 10.9 Å². The zero-order valence-electron chi connectivity index (χ0n) is 16.4. The number of pyridine rings is 1. The van der Waals surface area contributed by atoms with Crippen LogP contribution in [0, 0.1) is 6.92 Å². The van der Waals surface area contributed by atoms with Gasteiger partial charge >= 0.3 is 6.18 Å². The lowest BCUT2D eigenvalue weighted by molar-refractivity contribution is -0.144. The number of benzene rings is 1. The Morgan fingerprint density at radius 3 is 2.73 bits per heavy atom. The second-order valence-electron chi connectivity index (χ2n) is 7.66. The lowest BCUT2D eigenvalue weighted by Gasteiger charge is -2.28. The first kappa shape index (κ1) is 20.7. The van der Waals surface area contributed by atoms with Crippen LogP contribution in [0.3, 0.4) is 0 Å². The minimum absolute atomic E-state index is 0.00483. The SMILES string of the molecule is Cc1ccc2c(c1)c(=O)cc(C(F)(F)F)n2C[C@H]1CCCN1C(=O)Cc1cccs1. The molecule has 1 aliphatic heterocycles. The summed E-state index contributed by atoms with van der Waals surface area (Å²) in [5, 5.41) is 2.16. The molecule has 3 heterocycles. The topological polar surface area (TPSA) is 42.3 Å². The fourth-order valence-electron chi connectivity index (χ4n) is 4.15. The van der Waals surface area contributed by atoms with E-state index in [2.05, 4.69) is 0 Å². The molecule has 158 valence electrons. The molecule has 0 aliphatic carbocycles. The van der Waals surface area contributed by atoms with Gasteiger partial charge in [0.1, 0.15) is 5.69 Å². The van der Waals surface area contributed by atoms with Crippen molar-refractivity contribution in [2.24, 2.45) is 0 Å². The lowest BCUT2D eigenvalue weighted by atomic mass is 10.1. The van der Waals surface area contributed by atoms with Crippen LogP contribution in [0.2, 0.25) is 0 Å². The number of carbonyl (C=O) groups is 1. The molecule has 0 N–H and O–H groups in total. The molecule has 1 aromatic carbocycles. The van der Waals surface area contributed by atoms with Crippen LogP contribution < -0.4 is 5.43 Å². The van der Waals surface area contributed by atoms with E-state index in [9.17, 15) is 22.8 Å². The Morgan fingerprint density at radius 2 is 2.03 bits per heavy atom. The summed E-state index contributed by atoms with van der Waals surface area (Å²) in [7, 11) is 0. The second kappa shape index (κ2) is 7.91. The highest BCUT2D eigenvalue weighted by molar-refractivity contribution is 7.10. The van der Waals surface area contributed by atoms with E-state index in [0.717, 1.165) is 21.4 Å². The Morgan fingerprint density at radius 1 is 1.23 bits per heavy atom. The molecule has 0 saturated carbocycles. The quantitative estimate of drug-likeness (QED) is 0.601. The number of amides is 1. The third kappa shape index (κ3) is 4.01. The van der Waals surface area contributed by atoms with Gasteiger partial charge in [-0.25, -0.2) is 0 Å². The first-order chi connectivity index (χ1) is 14.2. The maximum absolute atomic E-state index is 13.8. The van der Waals surface area contributed by atoms with Crippen molar-refractivity contribution in [3.8, 4) is 0 Å². The van der Waals surface area contributed by atoms with Gasteiger partial charge in [0.05, 0.1) is 11.9 Å². The van der Waals surface area contributed by atoms with Gasteiger partial charge in [0.15, 0.2) is 5.43 Å². The maximum atomic E-state index is 13.8. The molecule has 3 aromatic rings. The molecule has 4 nitrogen and oxygen atoms in total. The van der Waals surface area contributed by atoms with Crippen molar-refractivity contribution in [1.82, 2.24) is 9.47 Å². The van der Waals surface area contributed by atoms with Crippen LogP contribution in [0.5, 0.6) is 0 Å². The van der Waals surface area contributed by atoms with Gasteiger partial charge in [-0.05, 0) is 43.3 Å². The molecule has 1 saturated heterocycles. The zero-order chi connectivity index (χ0) is 21.5. The van der Waals surface area contributed by atoms with Gasteiger partial charge in [0, 0.05) is 35.5 Å². The average molecular weight is 434 g/mol. The molecular formula is C22H21F3N2O2S. The molecule has 4 rings (SSSR count). The van der Waals surface area contributed by atoms with E-state index in [-0.39, 0.29) is 35.8 Å². The number of nitrogens with zero attached hydrogens (tertiary/aromatic N) is 2. The summed E-state index contributed by atoms with van der Waals surface area (Å²) in [5.41, 5.74) is -0.562. The summed E-state index contributed by atoms with van der Waals surface area (Å²) in [6, 6.07) is 8.97. The molecule has 1 aliphatic rings. The molecule has 30 heavy (non-hydrogen) atoms. The smallest absolute Gasteiger partial charge is 0.338 e. The van der Waals surface area contributed by atoms with Crippen LogP contribution in [-0.4, -0.2) is 28.0 Å². The lowest BCUT2D eigenvalue weighted by Crippen LogP contribution is -2.40. The zero-order valence-corrected chi connectivity index (χ0v) is 17.2. The van der Waals surface area contributed by atoms with Crippen LogP contribution in [0.15, 0.2) is 46.6 Å². The fraction of sp³-hybridized carbons (Fsp3) is 0.364. The predicted octanol–water partition coefficient (Wildman–Crippen LogP) is 4.62. The molecule has 8 heteroatoms. The number of carbonyl (C=O) groups excluding carboxylic acids is 1. The molecule has 1 fully saturated rings. The molecular weight excluding hydrogens is 413 g/mol. The Bertz CT molecular complexity index is 1140. The first-order valence-corrected chi connectivity index (χ1v) is 10.7. The molecule has 0 radical (unpaired) electrons. The second-order valence-corrected chi connectivity index (χ2v) is 8.69. The average Bonchev–Trinajstić information content (AvgIpc) is 3.35. The van der Waals surface area contributed by atoms with Crippen LogP contribution in [0.4, 0.5) is 13.2 Å². The van der Waals surface area contributed by atoms with Crippen molar-refractivity contribution in [1.29, 1.82) is 0 Å². The normalized spacial score (nSPS) is 17.1. The van der Waals surface area contributed by atoms with Crippen molar-refractivity contribution in [3.05, 3.63) is 68.1 Å². The maximum Gasteiger partial charge on any atom is 0.431 e. The van der Waals surface area contributed by atoms with Gasteiger partial charge in [-0.2, -0.15) is 13.2 Å². The van der Waals surface area contributed by atoms with Crippen LogP contribution in [-0.2, 0) is 23.9 Å². The number of aryl methyl sites for hydroxylation is 1. The summed E-state index contributed by atoms with van der Waals surface area (Å²) in [4.78, 5) is 27.8. The van der Waals surface area contributed by atoms with E-state index >= 15 is 0 Å². The van der Waals surface area contributed by atoms with Crippen molar-refractivity contribution < 1.29 is 18.0 Å². The van der Waals surface area contributed by atoms with E-state index in [1.54, 1.807) is 30.0 Å².